The van der Waals surface area contributed by atoms with E-state index in [1.165, 1.54) is 24.0 Å². The molecule has 4 aliphatic rings. The normalized spacial score (nSPS) is 46.5. The van der Waals surface area contributed by atoms with Gasteiger partial charge in [-0.05, 0) is 90.7 Å². The van der Waals surface area contributed by atoms with Crippen molar-refractivity contribution in [2.24, 2.45) is 39.7 Å². The van der Waals surface area contributed by atoms with Crippen LogP contribution in [0.4, 0.5) is 0 Å². The zero-order valence-electron chi connectivity index (χ0n) is 17.0. The highest BCUT2D eigenvalue weighted by Gasteiger charge is 2.60. The van der Waals surface area contributed by atoms with E-state index >= 15 is 0 Å². The molecule has 0 radical (unpaired) electrons. The zero-order chi connectivity index (χ0) is 19.5. The van der Waals surface area contributed by atoms with Crippen LogP contribution in [0.2, 0.25) is 0 Å². The Bertz CT molecular complexity index is 819. The standard InChI is InChI=1S/C24H32N2O2/c1-23-10-8-20-17(19(23)6-5-18(23)15-4-3-11-25-14-15)13-22(26-28)21-12-16(27)7-9-24(20,21)2/h3-5,11,14,16-17,19-21,27-28H,6-10,12-13H2,1-2H3/b26-22-/t16-,17?,19?,20?,21?,23+,24+/m0/s1. The Kier molecular flexibility index (Phi) is 4.20. The number of fused-ring (bicyclic) bond motifs is 5. The van der Waals surface area contributed by atoms with Gasteiger partial charge in [-0.15, -0.1) is 0 Å². The molecule has 4 heteroatoms. The summed E-state index contributed by atoms with van der Waals surface area (Å²) in [6.07, 6.45) is 13.2. The molecule has 2 N–H and O–H groups in total. The Morgan fingerprint density at radius 2 is 2.04 bits per heavy atom. The molecule has 0 aromatic carbocycles. The van der Waals surface area contributed by atoms with Crippen molar-refractivity contribution in [2.75, 3.05) is 0 Å². The second kappa shape index (κ2) is 6.41. The van der Waals surface area contributed by atoms with E-state index in [2.05, 4.69) is 36.1 Å². The zero-order valence-corrected chi connectivity index (χ0v) is 17.0. The summed E-state index contributed by atoms with van der Waals surface area (Å²) < 4.78 is 0. The van der Waals surface area contributed by atoms with Crippen LogP contribution in [-0.2, 0) is 0 Å². The smallest absolute Gasteiger partial charge is 0.0611 e. The molecule has 28 heavy (non-hydrogen) atoms. The molecule has 1 aromatic heterocycles. The van der Waals surface area contributed by atoms with Gasteiger partial charge in [0.25, 0.3) is 0 Å². The number of nitrogens with zero attached hydrogens (tertiary/aromatic N) is 2. The summed E-state index contributed by atoms with van der Waals surface area (Å²) >= 11 is 0. The molecule has 1 aromatic rings. The van der Waals surface area contributed by atoms with Crippen LogP contribution in [0.25, 0.3) is 5.57 Å². The summed E-state index contributed by atoms with van der Waals surface area (Å²) in [5.41, 5.74) is 4.02. The lowest BCUT2D eigenvalue weighted by atomic mass is 9.44. The van der Waals surface area contributed by atoms with Gasteiger partial charge >= 0.3 is 0 Å². The topological polar surface area (TPSA) is 65.7 Å². The third-order valence-corrected chi connectivity index (χ3v) is 9.13. The molecule has 1 heterocycles. The van der Waals surface area contributed by atoms with Gasteiger partial charge in [0.1, 0.15) is 0 Å². The molecule has 4 nitrogen and oxygen atoms in total. The van der Waals surface area contributed by atoms with Gasteiger partial charge in [0, 0.05) is 18.3 Å². The van der Waals surface area contributed by atoms with Gasteiger partial charge in [0.15, 0.2) is 0 Å². The van der Waals surface area contributed by atoms with Crippen molar-refractivity contribution < 1.29 is 10.3 Å². The average molecular weight is 381 g/mol. The van der Waals surface area contributed by atoms with Gasteiger partial charge in [-0.1, -0.05) is 31.1 Å². The van der Waals surface area contributed by atoms with E-state index in [-0.39, 0.29) is 22.9 Å². The summed E-state index contributed by atoms with van der Waals surface area (Å²) in [4.78, 5) is 4.36. The number of aliphatic hydroxyl groups is 1. The lowest BCUT2D eigenvalue weighted by Crippen LogP contribution is -2.56. The van der Waals surface area contributed by atoms with E-state index in [0.717, 1.165) is 37.8 Å². The maximum Gasteiger partial charge on any atom is 0.0611 e. The van der Waals surface area contributed by atoms with Crippen LogP contribution in [-0.4, -0.2) is 27.1 Å². The van der Waals surface area contributed by atoms with Gasteiger partial charge in [0.05, 0.1) is 11.8 Å². The summed E-state index contributed by atoms with van der Waals surface area (Å²) in [6, 6.07) is 4.23. The second-order valence-corrected chi connectivity index (χ2v) is 10.2. The van der Waals surface area contributed by atoms with Crippen LogP contribution in [0.15, 0.2) is 35.8 Å². The van der Waals surface area contributed by atoms with Crippen molar-refractivity contribution >= 4 is 11.3 Å². The number of pyridine rings is 1. The van der Waals surface area contributed by atoms with Crippen molar-refractivity contribution in [3.05, 3.63) is 36.2 Å². The first kappa shape index (κ1) is 18.4. The maximum atomic E-state index is 10.3. The number of rotatable bonds is 1. The van der Waals surface area contributed by atoms with E-state index < -0.39 is 0 Å². The quantitative estimate of drug-likeness (QED) is 0.537. The van der Waals surface area contributed by atoms with Crippen LogP contribution < -0.4 is 0 Å². The van der Waals surface area contributed by atoms with Crippen LogP contribution >= 0.6 is 0 Å². The SMILES string of the molecule is C[C@]12CC[C@H](O)CC1/C(=N\O)CC1C2CC[C@]2(C)C(c3cccnc3)=CCC12. The van der Waals surface area contributed by atoms with Crippen molar-refractivity contribution in [1.82, 2.24) is 4.98 Å². The molecule has 7 atom stereocenters. The molecule has 0 bridgehead atoms. The van der Waals surface area contributed by atoms with Gasteiger partial charge in [-0.2, -0.15) is 0 Å². The Balaban J connectivity index is 1.50. The van der Waals surface area contributed by atoms with Crippen LogP contribution in [0.5, 0.6) is 0 Å². The number of aromatic nitrogens is 1. The first-order chi connectivity index (χ1) is 13.5. The first-order valence-electron chi connectivity index (χ1n) is 11.0. The minimum absolute atomic E-state index is 0.155. The molecule has 0 aliphatic heterocycles. The Morgan fingerprint density at radius 3 is 2.79 bits per heavy atom. The molecule has 5 rings (SSSR count). The van der Waals surface area contributed by atoms with Crippen LogP contribution in [0.3, 0.4) is 0 Å². The average Bonchev–Trinajstić information content (AvgIpc) is 3.06. The molecular weight excluding hydrogens is 348 g/mol. The third-order valence-electron chi connectivity index (χ3n) is 9.13. The van der Waals surface area contributed by atoms with Crippen molar-refractivity contribution in [3.8, 4) is 0 Å². The molecule has 3 saturated carbocycles. The minimum atomic E-state index is -0.245. The highest BCUT2D eigenvalue weighted by atomic mass is 16.4. The molecule has 0 amide bonds. The molecule has 150 valence electrons. The highest BCUT2D eigenvalue weighted by molar-refractivity contribution is 5.88. The monoisotopic (exact) mass is 380 g/mol. The van der Waals surface area contributed by atoms with Gasteiger partial charge < -0.3 is 10.3 Å². The number of allylic oxidation sites excluding steroid dienone is 2. The molecule has 0 saturated heterocycles. The fraction of sp³-hybridized carbons (Fsp3) is 0.667. The number of hydrogen-bond acceptors (Lipinski definition) is 4. The van der Waals surface area contributed by atoms with Gasteiger partial charge in [-0.25, -0.2) is 0 Å². The van der Waals surface area contributed by atoms with E-state index in [4.69, 9.17) is 0 Å². The Hall–Kier alpha value is -1.68. The van der Waals surface area contributed by atoms with Gasteiger partial charge in [-0.3, -0.25) is 4.98 Å². The van der Waals surface area contributed by atoms with Gasteiger partial charge in [0.2, 0.25) is 0 Å². The summed E-state index contributed by atoms with van der Waals surface area (Å²) in [6.45, 7) is 4.87. The van der Waals surface area contributed by atoms with E-state index in [0.29, 0.717) is 17.8 Å². The Morgan fingerprint density at radius 1 is 1.18 bits per heavy atom. The van der Waals surface area contributed by atoms with Crippen molar-refractivity contribution in [1.29, 1.82) is 0 Å². The largest absolute Gasteiger partial charge is 0.411 e. The molecule has 0 spiro atoms. The summed E-state index contributed by atoms with van der Waals surface area (Å²) in [5, 5.41) is 23.9. The first-order valence-corrected chi connectivity index (χ1v) is 11.0. The van der Waals surface area contributed by atoms with E-state index in [1.54, 1.807) is 0 Å². The van der Waals surface area contributed by atoms with Crippen molar-refractivity contribution in [2.45, 2.75) is 64.9 Å². The fourth-order valence-corrected chi connectivity index (χ4v) is 7.69. The van der Waals surface area contributed by atoms with Crippen LogP contribution in [0, 0.1) is 34.5 Å². The highest BCUT2D eigenvalue weighted by Crippen LogP contribution is 2.66. The minimum Gasteiger partial charge on any atom is -0.411 e. The number of oxime groups is 1. The van der Waals surface area contributed by atoms with E-state index in [1.807, 2.05) is 18.5 Å². The lowest BCUT2D eigenvalue weighted by molar-refractivity contribution is -0.0751. The predicted octanol–water partition coefficient (Wildman–Crippen LogP) is 4.92. The lowest BCUT2D eigenvalue weighted by Gasteiger charge is -2.60. The Labute approximate surface area is 167 Å². The molecule has 4 unspecified atom stereocenters. The number of hydrogen-bond donors (Lipinski definition) is 2. The fourth-order valence-electron chi connectivity index (χ4n) is 7.69. The summed E-state index contributed by atoms with van der Waals surface area (Å²) in [7, 11) is 0. The van der Waals surface area contributed by atoms with Crippen LogP contribution in [0.1, 0.15) is 64.4 Å². The van der Waals surface area contributed by atoms with E-state index in [9.17, 15) is 10.3 Å². The molecule has 4 aliphatic carbocycles. The molecular formula is C24H32N2O2. The predicted molar refractivity (Wildman–Crippen MR) is 110 cm³/mol. The third kappa shape index (κ3) is 2.46. The molecule has 3 fully saturated rings. The second-order valence-electron chi connectivity index (χ2n) is 10.2. The maximum absolute atomic E-state index is 10.3. The number of aliphatic hydroxyl groups excluding tert-OH is 1. The summed E-state index contributed by atoms with van der Waals surface area (Å²) in [5.74, 6) is 2.06. The van der Waals surface area contributed by atoms with Crippen molar-refractivity contribution in [3.63, 3.8) is 0 Å².